The molecule has 0 spiro atoms. The van der Waals surface area contributed by atoms with Gasteiger partial charge in [-0.25, -0.2) is 9.18 Å². The van der Waals surface area contributed by atoms with Crippen LogP contribution in [0.2, 0.25) is 0 Å². The molecule has 1 aromatic carbocycles. The third-order valence-electron chi connectivity index (χ3n) is 2.42. The molecule has 0 aliphatic rings. The van der Waals surface area contributed by atoms with Crippen LogP contribution in [0.5, 0.6) is 5.75 Å². The molecule has 0 aliphatic carbocycles. The standard InChI is InChI=1S/C13H17FO4/c1-3-17-12(13(15)16)6-7-18-10-4-5-11(14)9(2)8-10/h4-5,8,12H,3,6-7H2,1-2H3,(H,15,16). The number of aryl methyl sites for hydroxylation is 1. The van der Waals surface area contributed by atoms with E-state index in [0.717, 1.165) is 0 Å². The monoisotopic (exact) mass is 256 g/mol. The molecule has 4 nitrogen and oxygen atoms in total. The van der Waals surface area contributed by atoms with E-state index in [1.54, 1.807) is 19.9 Å². The van der Waals surface area contributed by atoms with Crippen LogP contribution in [-0.4, -0.2) is 30.4 Å². The average Bonchev–Trinajstić information content (AvgIpc) is 2.32. The Kier molecular flexibility index (Phi) is 5.58. The first-order valence-electron chi connectivity index (χ1n) is 5.78. The molecule has 0 radical (unpaired) electrons. The third kappa shape index (κ3) is 4.33. The zero-order valence-electron chi connectivity index (χ0n) is 10.5. The molecule has 1 unspecified atom stereocenters. The fraction of sp³-hybridized carbons (Fsp3) is 0.462. The van der Waals surface area contributed by atoms with Gasteiger partial charge in [0, 0.05) is 13.0 Å². The lowest BCUT2D eigenvalue weighted by Gasteiger charge is -2.13. The fourth-order valence-electron chi connectivity index (χ4n) is 1.47. The van der Waals surface area contributed by atoms with Crippen molar-refractivity contribution in [2.75, 3.05) is 13.2 Å². The van der Waals surface area contributed by atoms with E-state index in [-0.39, 0.29) is 18.8 Å². The van der Waals surface area contributed by atoms with Crippen LogP contribution in [0, 0.1) is 12.7 Å². The summed E-state index contributed by atoms with van der Waals surface area (Å²) >= 11 is 0. The van der Waals surface area contributed by atoms with E-state index < -0.39 is 12.1 Å². The molecule has 0 saturated heterocycles. The Labute approximate surface area is 105 Å². The van der Waals surface area contributed by atoms with Gasteiger partial charge in [-0.2, -0.15) is 0 Å². The minimum Gasteiger partial charge on any atom is -0.493 e. The smallest absolute Gasteiger partial charge is 0.332 e. The topological polar surface area (TPSA) is 55.8 Å². The van der Waals surface area contributed by atoms with Gasteiger partial charge in [0.2, 0.25) is 0 Å². The first kappa shape index (κ1) is 14.4. The predicted molar refractivity (Wildman–Crippen MR) is 64.3 cm³/mol. The molecule has 0 aliphatic heterocycles. The number of hydrogen-bond acceptors (Lipinski definition) is 3. The summed E-state index contributed by atoms with van der Waals surface area (Å²) in [5.41, 5.74) is 0.493. The van der Waals surface area contributed by atoms with Crippen LogP contribution in [0.4, 0.5) is 4.39 Å². The van der Waals surface area contributed by atoms with Crippen molar-refractivity contribution in [3.05, 3.63) is 29.6 Å². The van der Waals surface area contributed by atoms with Gasteiger partial charge in [0.25, 0.3) is 0 Å². The summed E-state index contributed by atoms with van der Waals surface area (Å²) in [5, 5.41) is 8.85. The van der Waals surface area contributed by atoms with Crippen molar-refractivity contribution < 1.29 is 23.8 Å². The maximum atomic E-state index is 13.0. The number of rotatable bonds is 7. The number of halogens is 1. The molecule has 0 saturated carbocycles. The number of carboxylic acid groups (broad SMARTS) is 1. The quantitative estimate of drug-likeness (QED) is 0.813. The molecular formula is C13H17FO4. The minimum atomic E-state index is -1.00. The Morgan fingerprint density at radius 3 is 2.78 bits per heavy atom. The van der Waals surface area contributed by atoms with E-state index in [0.29, 0.717) is 17.9 Å². The van der Waals surface area contributed by atoms with E-state index in [4.69, 9.17) is 14.6 Å². The van der Waals surface area contributed by atoms with Crippen molar-refractivity contribution in [2.45, 2.75) is 26.4 Å². The van der Waals surface area contributed by atoms with Gasteiger partial charge in [-0.05, 0) is 37.6 Å². The number of ether oxygens (including phenoxy) is 2. The lowest BCUT2D eigenvalue weighted by Crippen LogP contribution is -2.26. The van der Waals surface area contributed by atoms with Gasteiger partial charge in [0.1, 0.15) is 11.6 Å². The van der Waals surface area contributed by atoms with Gasteiger partial charge in [0.05, 0.1) is 6.61 Å². The molecule has 1 N–H and O–H groups in total. The summed E-state index contributed by atoms with van der Waals surface area (Å²) in [4.78, 5) is 10.8. The molecule has 0 heterocycles. The molecule has 5 heteroatoms. The van der Waals surface area contributed by atoms with Crippen molar-refractivity contribution in [3.8, 4) is 5.75 Å². The van der Waals surface area contributed by atoms with Crippen LogP contribution in [-0.2, 0) is 9.53 Å². The van der Waals surface area contributed by atoms with Crippen molar-refractivity contribution in [3.63, 3.8) is 0 Å². The zero-order chi connectivity index (χ0) is 13.5. The first-order chi connectivity index (χ1) is 8.54. The van der Waals surface area contributed by atoms with Crippen molar-refractivity contribution in [1.82, 2.24) is 0 Å². The summed E-state index contributed by atoms with van der Waals surface area (Å²) in [6, 6.07) is 4.41. The largest absolute Gasteiger partial charge is 0.493 e. The Hall–Kier alpha value is -1.62. The normalized spacial score (nSPS) is 12.2. The number of hydrogen-bond donors (Lipinski definition) is 1. The average molecular weight is 256 g/mol. The van der Waals surface area contributed by atoms with Gasteiger partial charge in [-0.3, -0.25) is 0 Å². The van der Waals surface area contributed by atoms with Gasteiger partial charge in [0.15, 0.2) is 6.10 Å². The Bertz CT molecular complexity index is 406. The van der Waals surface area contributed by atoms with Crippen molar-refractivity contribution in [1.29, 1.82) is 0 Å². The molecule has 100 valence electrons. The highest BCUT2D eigenvalue weighted by molar-refractivity contribution is 5.72. The van der Waals surface area contributed by atoms with Gasteiger partial charge in [-0.1, -0.05) is 0 Å². The van der Waals surface area contributed by atoms with Crippen LogP contribution in [0.1, 0.15) is 18.9 Å². The molecular weight excluding hydrogens is 239 g/mol. The van der Waals surface area contributed by atoms with Gasteiger partial charge < -0.3 is 14.6 Å². The summed E-state index contributed by atoms with van der Waals surface area (Å²) in [6.45, 7) is 3.93. The summed E-state index contributed by atoms with van der Waals surface area (Å²) in [5.74, 6) is -0.773. The second-order valence-corrected chi connectivity index (χ2v) is 3.83. The van der Waals surface area contributed by atoms with E-state index in [2.05, 4.69) is 0 Å². The highest BCUT2D eigenvalue weighted by atomic mass is 19.1. The van der Waals surface area contributed by atoms with E-state index >= 15 is 0 Å². The second kappa shape index (κ2) is 6.96. The van der Waals surface area contributed by atoms with Crippen LogP contribution in [0.3, 0.4) is 0 Å². The third-order valence-corrected chi connectivity index (χ3v) is 2.42. The SMILES string of the molecule is CCOC(CCOc1ccc(F)c(C)c1)C(=O)O. The minimum absolute atomic E-state index is 0.210. The molecule has 0 amide bonds. The van der Waals surface area contributed by atoms with E-state index in [9.17, 15) is 9.18 Å². The molecule has 1 aromatic rings. The fourth-order valence-corrected chi connectivity index (χ4v) is 1.47. The van der Waals surface area contributed by atoms with E-state index in [1.807, 2.05) is 0 Å². The summed E-state index contributed by atoms with van der Waals surface area (Å²) in [7, 11) is 0. The Morgan fingerprint density at radius 1 is 1.50 bits per heavy atom. The maximum absolute atomic E-state index is 13.0. The summed E-state index contributed by atoms with van der Waals surface area (Å²) < 4.78 is 23.4. The first-order valence-corrected chi connectivity index (χ1v) is 5.78. The second-order valence-electron chi connectivity index (χ2n) is 3.83. The van der Waals surface area contributed by atoms with Gasteiger partial charge >= 0.3 is 5.97 Å². The number of carboxylic acids is 1. The lowest BCUT2D eigenvalue weighted by atomic mass is 10.2. The van der Waals surface area contributed by atoms with Crippen LogP contribution < -0.4 is 4.74 Å². The molecule has 0 fully saturated rings. The van der Waals surface area contributed by atoms with E-state index in [1.165, 1.54) is 12.1 Å². The molecule has 0 bridgehead atoms. The maximum Gasteiger partial charge on any atom is 0.332 e. The van der Waals surface area contributed by atoms with Gasteiger partial charge in [-0.15, -0.1) is 0 Å². The highest BCUT2D eigenvalue weighted by Gasteiger charge is 2.17. The van der Waals surface area contributed by atoms with Crippen LogP contribution in [0.15, 0.2) is 18.2 Å². The molecule has 1 rings (SSSR count). The van der Waals surface area contributed by atoms with Crippen molar-refractivity contribution >= 4 is 5.97 Å². The zero-order valence-corrected chi connectivity index (χ0v) is 10.5. The number of carbonyl (C=O) groups is 1. The summed E-state index contributed by atoms with van der Waals surface area (Å²) in [6.07, 6.45) is -0.615. The van der Waals surface area contributed by atoms with Crippen molar-refractivity contribution in [2.24, 2.45) is 0 Å². The van der Waals surface area contributed by atoms with Crippen LogP contribution >= 0.6 is 0 Å². The molecule has 18 heavy (non-hydrogen) atoms. The lowest BCUT2D eigenvalue weighted by molar-refractivity contribution is -0.150. The highest BCUT2D eigenvalue weighted by Crippen LogP contribution is 2.16. The van der Waals surface area contributed by atoms with Crippen LogP contribution in [0.25, 0.3) is 0 Å². The molecule has 1 atom stereocenters. The predicted octanol–water partition coefficient (Wildman–Crippen LogP) is 2.39. The number of benzene rings is 1. The Balaban J connectivity index is 2.44. The molecule has 0 aromatic heterocycles. The Morgan fingerprint density at radius 2 is 2.22 bits per heavy atom. The number of aliphatic carboxylic acids is 1.